The highest BCUT2D eigenvalue weighted by atomic mass is 32.2. The van der Waals surface area contributed by atoms with Gasteiger partial charge >= 0.3 is 0 Å². The highest BCUT2D eigenvalue weighted by molar-refractivity contribution is 7.89. The second-order valence-corrected chi connectivity index (χ2v) is 4.99. The third kappa shape index (κ3) is 3.31. The Kier molecular flexibility index (Phi) is 2.92. The average Bonchev–Trinajstić information content (AvgIpc) is 2.64. The maximum absolute atomic E-state index is 11.2. The van der Waals surface area contributed by atoms with E-state index >= 15 is 0 Å². The van der Waals surface area contributed by atoms with Crippen LogP contribution in [-0.2, 0) is 14.8 Å². The summed E-state index contributed by atoms with van der Waals surface area (Å²) in [5.74, 6) is -0.342. The van der Waals surface area contributed by atoms with Crippen molar-refractivity contribution in [2.75, 3.05) is 12.3 Å². The summed E-state index contributed by atoms with van der Waals surface area (Å²) in [6.45, 7) is 2.41. The van der Waals surface area contributed by atoms with Gasteiger partial charge in [-0.25, -0.2) is 13.6 Å². The number of hydrogen-bond acceptors (Lipinski definition) is 3. The number of rotatable bonds is 4. The topological polar surface area (TPSA) is 89.3 Å². The molecule has 0 aliphatic heterocycles. The molecule has 0 heterocycles. The van der Waals surface area contributed by atoms with Crippen LogP contribution in [0.4, 0.5) is 0 Å². The number of carbonyl (C=O) groups excluding carboxylic acids is 1. The molecule has 0 aromatic rings. The van der Waals surface area contributed by atoms with Gasteiger partial charge in [0, 0.05) is 12.5 Å². The fraction of sp³-hybridized carbons (Fsp3) is 0.857. The van der Waals surface area contributed by atoms with Crippen molar-refractivity contribution in [3.63, 3.8) is 0 Å². The summed E-state index contributed by atoms with van der Waals surface area (Å²) in [5.41, 5.74) is 0. The van der Waals surface area contributed by atoms with E-state index in [1.54, 1.807) is 0 Å². The van der Waals surface area contributed by atoms with Gasteiger partial charge in [-0.15, -0.1) is 0 Å². The van der Waals surface area contributed by atoms with Gasteiger partial charge in [0.25, 0.3) is 0 Å². The molecular weight excluding hydrogens is 192 g/mol. The number of primary sulfonamides is 1. The molecule has 1 aliphatic rings. The predicted octanol–water partition coefficient (Wildman–Crippen LogP) is -0.953. The molecule has 3 N–H and O–H groups in total. The second-order valence-electron chi connectivity index (χ2n) is 3.33. The van der Waals surface area contributed by atoms with Gasteiger partial charge in [-0.05, 0) is 19.3 Å². The lowest BCUT2D eigenvalue weighted by molar-refractivity contribution is -0.122. The van der Waals surface area contributed by atoms with E-state index in [2.05, 4.69) is 5.32 Å². The number of nitrogens with two attached hydrogens (primary N) is 1. The molecule has 5 nitrogen and oxygen atoms in total. The Morgan fingerprint density at radius 3 is 2.69 bits per heavy atom. The highest BCUT2D eigenvalue weighted by Gasteiger charge is 2.44. The van der Waals surface area contributed by atoms with E-state index in [-0.39, 0.29) is 23.5 Å². The summed E-state index contributed by atoms with van der Waals surface area (Å²) in [6.07, 6.45) is 0.641. The molecule has 6 heteroatoms. The minimum atomic E-state index is -3.42. The summed E-state index contributed by atoms with van der Waals surface area (Å²) in [4.78, 5) is 11.2. The van der Waals surface area contributed by atoms with E-state index in [4.69, 9.17) is 5.14 Å². The average molecular weight is 206 g/mol. The van der Waals surface area contributed by atoms with Crippen molar-refractivity contribution in [3.8, 4) is 0 Å². The summed E-state index contributed by atoms with van der Waals surface area (Å²) in [6, 6.07) is 0. The number of hydrogen-bond donors (Lipinski definition) is 2. The number of sulfonamides is 1. The molecule has 1 saturated carbocycles. The van der Waals surface area contributed by atoms with E-state index in [9.17, 15) is 13.2 Å². The largest absolute Gasteiger partial charge is 0.356 e. The Labute approximate surface area is 77.7 Å². The van der Waals surface area contributed by atoms with E-state index in [0.717, 1.165) is 0 Å². The van der Waals surface area contributed by atoms with Gasteiger partial charge in [0.2, 0.25) is 15.9 Å². The van der Waals surface area contributed by atoms with Crippen molar-refractivity contribution >= 4 is 15.9 Å². The Bertz CT molecular complexity index is 299. The molecule has 0 radical (unpaired) electrons. The SMILES string of the molecule is CCNC(=O)[C@@H]1C[C@H]1CS(N)(=O)=O. The van der Waals surface area contributed by atoms with Crippen LogP contribution in [0.1, 0.15) is 13.3 Å². The molecule has 1 aliphatic carbocycles. The minimum Gasteiger partial charge on any atom is -0.356 e. The zero-order valence-corrected chi connectivity index (χ0v) is 8.30. The zero-order valence-electron chi connectivity index (χ0n) is 7.49. The molecule has 13 heavy (non-hydrogen) atoms. The molecule has 2 atom stereocenters. The van der Waals surface area contributed by atoms with Crippen LogP contribution in [0.25, 0.3) is 0 Å². The molecule has 0 unspecified atom stereocenters. The minimum absolute atomic E-state index is 0.0591. The molecule has 1 amide bonds. The lowest BCUT2D eigenvalue weighted by Gasteiger charge is -1.99. The third-order valence-corrected chi connectivity index (χ3v) is 2.95. The van der Waals surface area contributed by atoms with Crippen LogP contribution in [-0.4, -0.2) is 26.6 Å². The molecule has 76 valence electrons. The van der Waals surface area contributed by atoms with Crippen LogP contribution in [0.5, 0.6) is 0 Å². The first-order valence-electron chi connectivity index (χ1n) is 4.22. The summed E-state index contributed by atoms with van der Waals surface area (Å²) < 4.78 is 21.3. The maximum atomic E-state index is 11.2. The molecule has 0 bridgehead atoms. The number of nitrogens with one attached hydrogen (secondary N) is 1. The third-order valence-electron chi connectivity index (χ3n) is 2.06. The first-order valence-corrected chi connectivity index (χ1v) is 5.93. The Balaban J connectivity index is 2.35. The molecule has 1 fully saturated rings. The van der Waals surface area contributed by atoms with Crippen LogP contribution in [0.2, 0.25) is 0 Å². The summed E-state index contributed by atoms with van der Waals surface area (Å²) in [5, 5.41) is 7.50. The summed E-state index contributed by atoms with van der Waals surface area (Å²) >= 11 is 0. The lowest BCUT2D eigenvalue weighted by atomic mass is 10.3. The fourth-order valence-corrected chi connectivity index (χ4v) is 2.32. The fourth-order valence-electron chi connectivity index (χ4n) is 1.36. The predicted molar refractivity (Wildman–Crippen MR) is 48.3 cm³/mol. The van der Waals surface area contributed by atoms with Crippen LogP contribution in [0.15, 0.2) is 0 Å². The molecule has 0 aromatic heterocycles. The van der Waals surface area contributed by atoms with Crippen molar-refractivity contribution in [1.29, 1.82) is 0 Å². The number of carbonyl (C=O) groups is 1. The van der Waals surface area contributed by atoms with E-state index in [1.165, 1.54) is 0 Å². The van der Waals surface area contributed by atoms with Gasteiger partial charge in [-0.1, -0.05) is 0 Å². The normalized spacial score (nSPS) is 26.9. The quantitative estimate of drug-likeness (QED) is 0.621. The zero-order chi connectivity index (χ0) is 10.1. The molecule has 0 spiro atoms. The molecule has 1 rings (SSSR count). The van der Waals surface area contributed by atoms with E-state index in [0.29, 0.717) is 13.0 Å². The lowest BCUT2D eigenvalue weighted by Crippen LogP contribution is -2.26. The van der Waals surface area contributed by atoms with Crippen LogP contribution in [0, 0.1) is 11.8 Å². The van der Waals surface area contributed by atoms with Crippen LogP contribution < -0.4 is 10.5 Å². The van der Waals surface area contributed by atoms with Crippen molar-refractivity contribution in [3.05, 3.63) is 0 Å². The van der Waals surface area contributed by atoms with Crippen molar-refractivity contribution in [1.82, 2.24) is 5.32 Å². The van der Waals surface area contributed by atoms with Gasteiger partial charge in [-0.3, -0.25) is 4.79 Å². The van der Waals surface area contributed by atoms with E-state index < -0.39 is 10.0 Å². The first kappa shape index (κ1) is 10.5. The smallest absolute Gasteiger partial charge is 0.223 e. The van der Waals surface area contributed by atoms with Gasteiger partial charge < -0.3 is 5.32 Å². The van der Waals surface area contributed by atoms with Gasteiger partial charge in [0.1, 0.15) is 0 Å². The highest BCUT2D eigenvalue weighted by Crippen LogP contribution is 2.39. The Hall–Kier alpha value is -0.620. The van der Waals surface area contributed by atoms with Gasteiger partial charge in [-0.2, -0.15) is 0 Å². The Morgan fingerprint density at radius 2 is 2.23 bits per heavy atom. The van der Waals surface area contributed by atoms with Crippen molar-refractivity contribution < 1.29 is 13.2 Å². The van der Waals surface area contributed by atoms with Gasteiger partial charge in [0.15, 0.2) is 0 Å². The number of amides is 1. The summed E-state index contributed by atoms with van der Waals surface area (Å²) in [7, 11) is -3.42. The standard InChI is InChI=1S/C7H14N2O3S/c1-2-9-7(10)6-3-5(6)4-13(8,11)12/h5-6H,2-4H2,1H3,(H,9,10)(H2,8,11,12)/t5-,6+/m0/s1. The van der Waals surface area contributed by atoms with E-state index in [1.807, 2.05) is 6.92 Å². The van der Waals surface area contributed by atoms with Crippen molar-refractivity contribution in [2.24, 2.45) is 17.0 Å². The molecule has 0 saturated heterocycles. The Morgan fingerprint density at radius 1 is 1.62 bits per heavy atom. The first-order chi connectivity index (χ1) is 5.94. The van der Waals surface area contributed by atoms with Crippen LogP contribution >= 0.6 is 0 Å². The molecular formula is C7H14N2O3S. The maximum Gasteiger partial charge on any atom is 0.223 e. The van der Waals surface area contributed by atoms with Crippen molar-refractivity contribution in [2.45, 2.75) is 13.3 Å². The second kappa shape index (κ2) is 3.63. The van der Waals surface area contributed by atoms with Gasteiger partial charge in [0.05, 0.1) is 5.75 Å². The van der Waals surface area contributed by atoms with Crippen LogP contribution in [0.3, 0.4) is 0 Å². The molecule has 0 aromatic carbocycles. The monoisotopic (exact) mass is 206 g/mol.